The highest BCUT2D eigenvalue weighted by atomic mass is 32.1. The molecule has 0 aliphatic carbocycles. The van der Waals surface area contributed by atoms with Gasteiger partial charge in [0, 0.05) is 11.6 Å². The molecule has 2 aromatic heterocycles. The highest BCUT2D eigenvalue weighted by molar-refractivity contribution is 7.03. The molecule has 0 aromatic carbocycles. The van der Waals surface area contributed by atoms with Gasteiger partial charge in [-0.3, -0.25) is 9.89 Å². The zero-order valence-corrected chi connectivity index (χ0v) is 7.91. The molecule has 2 rings (SSSR count). The molecule has 1 amide bonds. The number of carbonyl (C=O) groups excluding carboxylic acids is 1. The number of hydrogen-bond donors (Lipinski definition) is 2. The fourth-order valence-electron chi connectivity index (χ4n) is 0.913. The van der Waals surface area contributed by atoms with E-state index in [1.807, 2.05) is 0 Å². The predicted molar refractivity (Wildman–Crippen MR) is 49.7 cm³/mol. The summed E-state index contributed by atoms with van der Waals surface area (Å²) >= 11 is 1.15. The first-order valence-electron chi connectivity index (χ1n) is 3.90. The number of rotatable bonds is 3. The van der Waals surface area contributed by atoms with Crippen molar-refractivity contribution in [3.05, 3.63) is 29.0 Å². The van der Waals surface area contributed by atoms with Crippen LogP contribution in [0.3, 0.4) is 0 Å². The maximum atomic E-state index is 11.4. The molecule has 0 saturated carbocycles. The summed E-state index contributed by atoms with van der Waals surface area (Å²) in [6, 6.07) is 1.79. The number of H-pyrrole nitrogens is 1. The maximum absolute atomic E-state index is 11.4. The van der Waals surface area contributed by atoms with Gasteiger partial charge in [0.05, 0.1) is 12.2 Å². The van der Waals surface area contributed by atoms with Crippen LogP contribution in [0.5, 0.6) is 0 Å². The highest BCUT2D eigenvalue weighted by Gasteiger charge is 2.07. The first-order chi connectivity index (χ1) is 6.86. The monoisotopic (exact) mass is 209 g/mol. The molecule has 0 bridgehead atoms. The third-order valence-electron chi connectivity index (χ3n) is 1.59. The lowest BCUT2D eigenvalue weighted by Crippen LogP contribution is -2.23. The van der Waals surface area contributed by atoms with E-state index in [4.69, 9.17) is 0 Å². The molecule has 0 saturated heterocycles. The molecule has 0 aliphatic rings. The van der Waals surface area contributed by atoms with E-state index in [0.29, 0.717) is 12.2 Å². The van der Waals surface area contributed by atoms with Crippen LogP contribution < -0.4 is 5.32 Å². The molecule has 0 fully saturated rings. The lowest BCUT2D eigenvalue weighted by molar-refractivity contribution is 0.0945. The Bertz CT molecular complexity index is 396. The largest absolute Gasteiger partial charge is 0.345 e. The minimum absolute atomic E-state index is 0.228. The van der Waals surface area contributed by atoms with Crippen molar-refractivity contribution in [2.75, 3.05) is 0 Å². The van der Waals surface area contributed by atoms with E-state index in [1.54, 1.807) is 17.6 Å². The van der Waals surface area contributed by atoms with Crippen LogP contribution in [0.1, 0.15) is 16.2 Å². The van der Waals surface area contributed by atoms with Crippen molar-refractivity contribution in [2.45, 2.75) is 6.54 Å². The van der Waals surface area contributed by atoms with Crippen LogP contribution in [0, 0.1) is 0 Å². The van der Waals surface area contributed by atoms with Gasteiger partial charge in [-0.15, -0.1) is 5.10 Å². The number of hydrogen-bond acceptors (Lipinski definition) is 5. The summed E-state index contributed by atoms with van der Waals surface area (Å²) in [5, 5.41) is 14.4. The summed E-state index contributed by atoms with van der Waals surface area (Å²) in [7, 11) is 0. The molecule has 72 valence electrons. The quantitative estimate of drug-likeness (QED) is 0.755. The number of nitrogens with one attached hydrogen (secondary N) is 2. The van der Waals surface area contributed by atoms with Gasteiger partial charge in [0.2, 0.25) is 0 Å². The molecule has 0 atom stereocenters. The van der Waals surface area contributed by atoms with Gasteiger partial charge in [0.15, 0.2) is 5.69 Å². The number of nitrogens with zero attached hydrogens (tertiary/aromatic N) is 3. The van der Waals surface area contributed by atoms with Gasteiger partial charge in [0.1, 0.15) is 0 Å². The maximum Gasteiger partial charge on any atom is 0.273 e. The molecule has 2 N–H and O–H groups in total. The Labute approximate surface area is 83.5 Å². The molecule has 7 heteroatoms. The SMILES string of the molecule is O=C(NCc1ccn[nH]1)c1csnn1. The van der Waals surface area contributed by atoms with Crippen LogP contribution in [0.4, 0.5) is 0 Å². The summed E-state index contributed by atoms with van der Waals surface area (Å²) in [4.78, 5) is 11.4. The summed E-state index contributed by atoms with van der Waals surface area (Å²) < 4.78 is 3.60. The molecule has 0 unspecified atom stereocenters. The highest BCUT2D eigenvalue weighted by Crippen LogP contribution is 1.97. The van der Waals surface area contributed by atoms with Crippen molar-refractivity contribution >= 4 is 17.4 Å². The third-order valence-corrected chi connectivity index (χ3v) is 2.10. The average molecular weight is 209 g/mol. The number of aromatic nitrogens is 4. The van der Waals surface area contributed by atoms with Gasteiger partial charge in [-0.2, -0.15) is 5.10 Å². The van der Waals surface area contributed by atoms with Crippen molar-refractivity contribution in [3.8, 4) is 0 Å². The van der Waals surface area contributed by atoms with Gasteiger partial charge in [-0.1, -0.05) is 4.49 Å². The number of amides is 1. The summed E-state index contributed by atoms with van der Waals surface area (Å²) in [5.74, 6) is -0.228. The van der Waals surface area contributed by atoms with E-state index in [-0.39, 0.29) is 5.91 Å². The molecular weight excluding hydrogens is 202 g/mol. The Kier molecular flexibility index (Phi) is 2.50. The van der Waals surface area contributed by atoms with E-state index < -0.39 is 0 Å². The summed E-state index contributed by atoms with van der Waals surface area (Å²) in [6.45, 7) is 0.413. The van der Waals surface area contributed by atoms with Crippen molar-refractivity contribution in [1.29, 1.82) is 0 Å². The first kappa shape index (κ1) is 8.82. The molecule has 6 nitrogen and oxygen atoms in total. The van der Waals surface area contributed by atoms with Crippen LogP contribution in [-0.4, -0.2) is 25.7 Å². The molecular formula is C7H7N5OS. The fourth-order valence-corrected chi connectivity index (χ4v) is 1.35. The average Bonchev–Trinajstić information content (AvgIpc) is 2.87. The van der Waals surface area contributed by atoms with E-state index in [0.717, 1.165) is 17.2 Å². The molecule has 2 heterocycles. The molecule has 0 radical (unpaired) electrons. The lowest BCUT2D eigenvalue weighted by Gasteiger charge is -1.98. The smallest absolute Gasteiger partial charge is 0.273 e. The van der Waals surface area contributed by atoms with Crippen LogP contribution in [0.25, 0.3) is 0 Å². The van der Waals surface area contributed by atoms with Gasteiger partial charge in [-0.05, 0) is 17.6 Å². The number of carbonyl (C=O) groups is 1. The molecule has 14 heavy (non-hydrogen) atoms. The number of aromatic amines is 1. The van der Waals surface area contributed by atoms with Crippen molar-refractivity contribution in [2.24, 2.45) is 0 Å². The van der Waals surface area contributed by atoms with E-state index >= 15 is 0 Å². The van der Waals surface area contributed by atoms with Crippen LogP contribution in [0.15, 0.2) is 17.6 Å². The van der Waals surface area contributed by atoms with Gasteiger partial charge < -0.3 is 5.32 Å². The summed E-state index contributed by atoms with van der Waals surface area (Å²) in [6.07, 6.45) is 1.63. The zero-order valence-electron chi connectivity index (χ0n) is 7.10. The Hall–Kier alpha value is -1.76. The fraction of sp³-hybridized carbons (Fsp3) is 0.143. The zero-order chi connectivity index (χ0) is 9.80. The van der Waals surface area contributed by atoms with Gasteiger partial charge in [0.25, 0.3) is 5.91 Å². The Morgan fingerprint density at radius 2 is 2.57 bits per heavy atom. The Morgan fingerprint density at radius 3 is 3.21 bits per heavy atom. The van der Waals surface area contributed by atoms with Crippen molar-refractivity contribution in [1.82, 2.24) is 25.1 Å². The van der Waals surface area contributed by atoms with E-state index in [2.05, 4.69) is 25.1 Å². The lowest BCUT2D eigenvalue weighted by atomic mass is 10.4. The van der Waals surface area contributed by atoms with Gasteiger partial charge in [-0.25, -0.2) is 0 Å². The Morgan fingerprint density at radius 1 is 1.64 bits per heavy atom. The minimum atomic E-state index is -0.228. The van der Waals surface area contributed by atoms with Crippen LogP contribution >= 0.6 is 11.5 Å². The first-order valence-corrected chi connectivity index (χ1v) is 4.73. The Balaban J connectivity index is 1.90. The minimum Gasteiger partial charge on any atom is -0.345 e. The van der Waals surface area contributed by atoms with E-state index in [9.17, 15) is 4.79 Å². The topological polar surface area (TPSA) is 83.6 Å². The van der Waals surface area contributed by atoms with Crippen LogP contribution in [-0.2, 0) is 6.54 Å². The third kappa shape index (κ3) is 1.94. The molecule has 0 aliphatic heterocycles. The van der Waals surface area contributed by atoms with Crippen molar-refractivity contribution < 1.29 is 4.79 Å². The second kappa shape index (κ2) is 3.97. The second-order valence-electron chi connectivity index (χ2n) is 2.55. The van der Waals surface area contributed by atoms with Gasteiger partial charge >= 0.3 is 0 Å². The molecule has 0 spiro atoms. The predicted octanol–water partition coefficient (Wildman–Crippen LogP) is 0.191. The van der Waals surface area contributed by atoms with Crippen LogP contribution in [0.2, 0.25) is 0 Å². The normalized spacial score (nSPS) is 10.0. The molecule has 2 aromatic rings. The standard InChI is InChI=1S/C7H7N5OS/c13-7(6-4-14-12-11-6)8-3-5-1-2-9-10-5/h1-2,4H,3H2,(H,8,13)(H,9,10). The second-order valence-corrected chi connectivity index (χ2v) is 3.16. The van der Waals surface area contributed by atoms with E-state index in [1.165, 1.54) is 0 Å². The van der Waals surface area contributed by atoms with Crippen molar-refractivity contribution in [3.63, 3.8) is 0 Å². The summed E-state index contributed by atoms with van der Waals surface area (Å²) in [5.41, 5.74) is 1.19.